The van der Waals surface area contributed by atoms with E-state index >= 15 is 0 Å². The molecular formula is C30H37NO4Si. The Labute approximate surface area is 215 Å². The van der Waals surface area contributed by atoms with Gasteiger partial charge < -0.3 is 9.16 Å². The molecule has 5 atom stereocenters. The number of carbonyl (C=O) groups is 2. The van der Waals surface area contributed by atoms with E-state index in [0.717, 1.165) is 10.4 Å². The molecular weight excluding hydrogens is 466 g/mol. The number of hydrogen-bond acceptors (Lipinski definition) is 5. The summed E-state index contributed by atoms with van der Waals surface area (Å²) in [5, 5.41) is 12.0. The number of ether oxygens (including phenoxy) is 1. The molecule has 0 aromatic heterocycles. The summed E-state index contributed by atoms with van der Waals surface area (Å²) >= 11 is 0. The van der Waals surface area contributed by atoms with Crippen LogP contribution in [0, 0.1) is 34.5 Å². The molecule has 0 unspecified atom stereocenters. The molecule has 2 aromatic carbocycles. The number of nitriles is 1. The molecule has 2 aromatic rings. The van der Waals surface area contributed by atoms with Crippen LogP contribution >= 0.6 is 0 Å². The number of Topliss-reactive ketones (excluding diaryl/α,β-unsaturated/α-hetero) is 1. The highest BCUT2D eigenvalue weighted by Gasteiger charge is 2.63. The molecule has 0 spiro atoms. The monoisotopic (exact) mass is 503 g/mol. The topological polar surface area (TPSA) is 76.4 Å². The summed E-state index contributed by atoms with van der Waals surface area (Å²) in [4.78, 5) is 26.9. The number of rotatable bonds is 5. The van der Waals surface area contributed by atoms with E-state index in [1.54, 1.807) is 0 Å². The zero-order chi connectivity index (χ0) is 26.1. The van der Waals surface area contributed by atoms with Crippen molar-refractivity contribution in [3.63, 3.8) is 0 Å². The third-order valence-electron chi connectivity index (χ3n) is 8.41. The van der Waals surface area contributed by atoms with E-state index in [1.807, 2.05) is 43.3 Å². The van der Waals surface area contributed by atoms with Gasteiger partial charge in [0.2, 0.25) is 0 Å². The largest absolute Gasteiger partial charge is 0.469 e. The fraction of sp³-hybridized carbons (Fsp3) is 0.500. The van der Waals surface area contributed by atoms with Gasteiger partial charge >= 0.3 is 5.97 Å². The van der Waals surface area contributed by atoms with Crippen LogP contribution in [0.4, 0.5) is 0 Å². The molecule has 0 heterocycles. The average molecular weight is 504 g/mol. The van der Waals surface area contributed by atoms with E-state index in [0.29, 0.717) is 25.7 Å². The van der Waals surface area contributed by atoms with Gasteiger partial charge in [0.1, 0.15) is 5.78 Å². The summed E-state index contributed by atoms with van der Waals surface area (Å²) in [6, 6.07) is 23.2. The normalized spacial score (nSPS) is 28.6. The minimum atomic E-state index is -2.87. The second-order valence-corrected chi connectivity index (χ2v) is 15.8. The van der Waals surface area contributed by atoms with E-state index in [2.05, 4.69) is 51.1 Å². The lowest BCUT2D eigenvalue weighted by atomic mass is 9.71. The number of hydrogen-bond donors (Lipinski definition) is 0. The third-order valence-corrected chi connectivity index (χ3v) is 13.5. The molecule has 5 nitrogen and oxygen atoms in total. The molecule has 2 fully saturated rings. The molecule has 0 radical (unpaired) electrons. The van der Waals surface area contributed by atoms with Crippen LogP contribution in [0.3, 0.4) is 0 Å². The first-order valence-electron chi connectivity index (χ1n) is 12.9. The minimum Gasteiger partial charge on any atom is -0.469 e. The molecule has 36 heavy (non-hydrogen) atoms. The molecule has 0 bridgehead atoms. The highest BCUT2D eigenvalue weighted by molar-refractivity contribution is 6.99. The molecule has 6 heteroatoms. The van der Waals surface area contributed by atoms with Crippen molar-refractivity contribution in [1.82, 2.24) is 0 Å². The first-order valence-corrected chi connectivity index (χ1v) is 14.8. The van der Waals surface area contributed by atoms with Gasteiger partial charge in [0, 0.05) is 18.4 Å². The van der Waals surface area contributed by atoms with E-state index in [9.17, 15) is 14.9 Å². The van der Waals surface area contributed by atoms with Crippen LogP contribution in [-0.4, -0.2) is 33.3 Å². The number of methoxy groups -OCH3 is 1. The lowest BCUT2D eigenvalue weighted by Gasteiger charge is -2.46. The summed E-state index contributed by atoms with van der Waals surface area (Å²) in [6.45, 7) is 8.65. The summed E-state index contributed by atoms with van der Waals surface area (Å²) in [5.74, 6) is -1.58. The van der Waals surface area contributed by atoms with E-state index < -0.39 is 25.6 Å². The SMILES string of the molecule is COC(=O)[C@@]12C[C@@H](O[Si](c3ccccc3)(c3ccccc3)C(C)(C)C)CCC(=O)[C@@H]1[C@@H](C#N)[C@H](C)C2. The van der Waals surface area contributed by atoms with E-state index in [1.165, 1.54) is 7.11 Å². The summed E-state index contributed by atoms with van der Waals surface area (Å²) in [5.41, 5.74) is -1.03. The van der Waals surface area contributed by atoms with Crippen LogP contribution in [0.2, 0.25) is 5.04 Å². The third kappa shape index (κ3) is 4.23. The van der Waals surface area contributed by atoms with Crippen molar-refractivity contribution >= 4 is 30.4 Å². The average Bonchev–Trinajstić information content (AvgIpc) is 3.09. The van der Waals surface area contributed by atoms with Crippen molar-refractivity contribution < 1.29 is 18.8 Å². The first-order chi connectivity index (χ1) is 17.1. The zero-order valence-corrected chi connectivity index (χ0v) is 23.0. The Morgan fingerprint density at radius 1 is 1.03 bits per heavy atom. The molecule has 0 aliphatic heterocycles. The Bertz CT molecular complexity index is 1100. The predicted octanol–water partition coefficient (Wildman–Crippen LogP) is 4.64. The first kappa shape index (κ1) is 26.3. The number of carbonyl (C=O) groups excluding carboxylic acids is 2. The zero-order valence-electron chi connectivity index (χ0n) is 22.0. The van der Waals surface area contributed by atoms with Gasteiger partial charge in [-0.25, -0.2) is 0 Å². The Balaban J connectivity index is 1.86. The van der Waals surface area contributed by atoms with Gasteiger partial charge in [0.15, 0.2) is 0 Å². The van der Waals surface area contributed by atoms with Crippen LogP contribution in [0.5, 0.6) is 0 Å². The molecule has 0 N–H and O–H groups in total. The van der Waals surface area contributed by atoms with Gasteiger partial charge in [0.05, 0.1) is 24.5 Å². The number of ketones is 1. The van der Waals surface area contributed by atoms with Crippen molar-refractivity contribution in [2.45, 2.75) is 64.5 Å². The fourth-order valence-corrected chi connectivity index (χ4v) is 11.6. The Morgan fingerprint density at radius 3 is 2.06 bits per heavy atom. The Kier molecular flexibility index (Phi) is 7.27. The van der Waals surface area contributed by atoms with Gasteiger partial charge in [-0.2, -0.15) is 5.26 Å². The van der Waals surface area contributed by atoms with Gasteiger partial charge in [-0.1, -0.05) is 88.4 Å². The molecule has 0 amide bonds. The van der Waals surface area contributed by atoms with Crippen LogP contribution < -0.4 is 10.4 Å². The molecule has 0 saturated heterocycles. The van der Waals surface area contributed by atoms with Crippen LogP contribution in [0.15, 0.2) is 60.7 Å². The molecule has 4 rings (SSSR count). The molecule has 2 aliphatic carbocycles. The van der Waals surface area contributed by atoms with E-state index in [4.69, 9.17) is 9.16 Å². The van der Waals surface area contributed by atoms with Gasteiger partial charge in [-0.15, -0.1) is 0 Å². The standard InChI is InChI=1S/C30H37NO4Si/c1-21-18-30(28(33)34-5)19-22(16-17-26(32)27(30)25(21)20-31)35-36(29(2,3)4,23-12-8-6-9-13-23)24-14-10-7-11-15-24/h6-15,21-22,25,27H,16-19H2,1-5H3/t21-,22+,25+,27+,30+/m1/s1. The highest BCUT2D eigenvalue weighted by Crippen LogP contribution is 2.56. The summed E-state index contributed by atoms with van der Waals surface area (Å²) in [6.07, 6.45) is 1.38. The second kappa shape index (κ2) is 9.95. The quantitative estimate of drug-likeness (QED) is 0.439. The van der Waals surface area contributed by atoms with Crippen LogP contribution in [0.25, 0.3) is 0 Å². The molecule has 190 valence electrons. The van der Waals surface area contributed by atoms with Gasteiger partial charge in [-0.05, 0) is 40.6 Å². The maximum Gasteiger partial charge on any atom is 0.312 e. The van der Waals surface area contributed by atoms with Crippen molar-refractivity contribution in [3.8, 4) is 6.07 Å². The maximum absolute atomic E-state index is 13.5. The fourth-order valence-electron chi connectivity index (χ4n) is 6.93. The number of esters is 1. The number of nitrogens with zero attached hydrogens (tertiary/aromatic N) is 1. The Hall–Kier alpha value is -2.75. The highest BCUT2D eigenvalue weighted by atomic mass is 28.4. The predicted molar refractivity (Wildman–Crippen MR) is 142 cm³/mol. The van der Waals surface area contributed by atoms with Gasteiger partial charge in [-0.3, -0.25) is 9.59 Å². The minimum absolute atomic E-state index is 0.00940. The van der Waals surface area contributed by atoms with Crippen molar-refractivity contribution in [1.29, 1.82) is 5.26 Å². The van der Waals surface area contributed by atoms with Crippen molar-refractivity contribution in [2.75, 3.05) is 7.11 Å². The maximum atomic E-state index is 13.5. The van der Waals surface area contributed by atoms with E-state index in [-0.39, 0.29) is 28.8 Å². The Morgan fingerprint density at radius 2 is 1.58 bits per heavy atom. The van der Waals surface area contributed by atoms with Crippen molar-refractivity contribution in [3.05, 3.63) is 60.7 Å². The van der Waals surface area contributed by atoms with Gasteiger partial charge in [0.25, 0.3) is 8.32 Å². The summed E-state index contributed by atoms with van der Waals surface area (Å²) < 4.78 is 12.7. The lowest BCUT2D eigenvalue weighted by molar-refractivity contribution is -0.159. The smallest absolute Gasteiger partial charge is 0.312 e. The number of benzene rings is 2. The lowest BCUT2D eigenvalue weighted by Crippen LogP contribution is -2.68. The number of fused-ring (bicyclic) bond motifs is 1. The second-order valence-electron chi connectivity index (χ2n) is 11.6. The molecule has 2 aliphatic rings. The van der Waals surface area contributed by atoms with Crippen LogP contribution in [-0.2, 0) is 18.8 Å². The molecule has 2 saturated carbocycles. The van der Waals surface area contributed by atoms with Crippen LogP contribution in [0.1, 0.15) is 53.4 Å². The van der Waals surface area contributed by atoms with Crippen molar-refractivity contribution in [2.24, 2.45) is 23.2 Å². The summed E-state index contributed by atoms with van der Waals surface area (Å²) in [7, 11) is -1.49.